The van der Waals surface area contributed by atoms with Crippen molar-refractivity contribution in [1.29, 1.82) is 0 Å². The van der Waals surface area contributed by atoms with Gasteiger partial charge in [0.05, 0.1) is 36.1 Å². The summed E-state index contributed by atoms with van der Waals surface area (Å²) in [4.78, 5) is 51.2. The molecule has 0 radical (unpaired) electrons. The molecular weight excluding hydrogens is 520 g/mol. The van der Waals surface area contributed by atoms with Gasteiger partial charge in [-0.05, 0) is 49.7 Å². The number of ketones is 1. The number of ether oxygens (including phenoxy) is 1. The van der Waals surface area contributed by atoms with Gasteiger partial charge in [0, 0.05) is 37.2 Å². The van der Waals surface area contributed by atoms with Crippen LogP contribution in [0.5, 0.6) is 5.88 Å². The molecule has 218 valence electrons. The third-order valence-corrected chi connectivity index (χ3v) is 8.83. The fraction of sp³-hybridized carbons (Fsp3) is 0.516. The molecule has 4 N–H and O–H groups in total. The number of unbranched alkanes of at least 4 members (excludes halogenated alkanes) is 2. The van der Waals surface area contributed by atoms with Crippen molar-refractivity contribution in [2.45, 2.75) is 70.8 Å². The standard InChI is InChI=1S/C31H40N6O4/c1-3-21(38)10-5-4-6-12-25(35-28(39)23-18-31(23)13-15-37(16-14-31)30(32)40)27-33-19-26(34-27)22-17-20-9-7-8-11-24(20)36-29(22)41-2/h7-9,11,17,19,23,25H,3-6,10,12-16,18H2,1-2H3,(H2,32,40)(H,33,34)(H,35,39)/t23-,25+/m1/s1. The Morgan fingerprint density at radius 2 is 1.98 bits per heavy atom. The number of pyridine rings is 1. The highest BCUT2D eigenvalue weighted by Crippen LogP contribution is 2.59. The molecule has 1 spiro atoms. The van der Waals surface area contributed by atoms with E-state index in [1.54, 1.807) is 18.2 Å². The van der Waals surface area contributed by atoms with E-state index in [9.17, 15) is 14.4 Å². The number of amides is 3. The number of aromatic nitrogens is 3. The zero-order valence-corrected chi connectivity index (χ0v) is 23.9. The molecule has 1 aromatic carbocycles. The molecule has 1 aliphatic heterocycles. The summed E-state index contributed by atoms with van der Waals surface area (Å²) in [6.07, 6.45) is 8.68. The number of carbonyl (C=O) groups excluding carboxylic acids is 3. The summed E-state index contributed by atoms with van der Waals surface area (Å²) in [6, 6.07) is 9.22. The maximum Gasteiger partial charge on any atom is 0.314 e. The van der Waals surface area contributed by atoms with E-state index in [0.29, 0.717) is 44.1 Å². The van der Waals surface area contributed by atoms with Gasteiger partial charge < -0.3 is 25.7 Å². The molecule has 10 heteroatoms. The van der Waals surface area contributed by atoms with Crippen LogP contribution in [-0.2, 0) is 9.59 Å². The Hall–Kier alpha value is -3.95. The lowest BCUT2D eigenvalue weighted by Crippen LogP contribution is -2.43. The highest BCUT2D eigenvalue weighted by atomic mass is 16.5. The third-order valence-electron chi connectivity index (χ3n) is 8.83. The lowest BCUT2D eigenvalue weighted by Gasteiger charge is -2.31. The number of fused-ring (bicyclic) bond motifs is 1. The summed E-state index contributed by atoms with van der Waals surface area (Å²) in [7, 11) is 1.60. The summed E-state index contributed by atoms with van der Waals surface area (Å²) in [5, 5.41) is 4.28. The maximum absolute atomic E-state index is 13.5. The molecular formula is C31H40N6O4. The first-order chi connectivity index (χ1) is 19.8. The molecule has 2 aliphatic rings. The molecule has 3 heterocycles. The van der Waals surface area contributed by atoms with Crippen LogP contribution in [0.15, 0.2) is 36.5 Å². The molecule has 10 nitrogen and oxygen atoms in total. The Labute approximate surface area is 240 Å². The van der Waals surface area contributed by atoms with Crippen LogP contribution in [0, 0.1) is 11.3 Å². The molecule has 1 saturated heterocycles. The predicted octanol–water partition coefficient (Wildman–Crippen LogP) is 4.90. The number of H-pyrrole nitrogens is 1. The number of hydrogen-bond donors (Lipinski definition) is 3. The van der Waals surface area contributed by atoms with Gasteiger partial charge in [0.1, 0.15) is 11.6 Å². The highest BCUT2D eigenvalue weighted by Gasteiger charge is 2.58. The molecule has 5 rings (SSSR count). The summed E-state index contributed by atoms with van der Waals surface area (Å²) >= 11 is 0. The molecule has 0 unspecified atom stereocenters. The van der Waals surface area contributed by atoms with Crippen molar-refractivity contribution in [2.75, 3.05) is 20.2 Å². The number of aromatic amines is 1. The molecule has 3 aromatic rings. The Morgan fingerprint density at radius 3 is 2.71 bits per heavy atom. The van der Waals surface area contributed by atoms with Crippen LogP contribution < -0.4 is 15.8 Å². The fourth-order valence-electron chi connectivity index (χ4n) is 6.11. The highest BCUT2D eigenvalue weighted by molar-refractivity contribution is 5.86. The Kier molecular flexibility index (Phi) is 8.56. The molecule has 0 bridgehead atoms. The van der Waals surface area contributed by atoms with E-state index in [0.717, 1.165) is 60.7 Å². The first-order valence-corrected chi connectivity index (χ1v) is 14.7. The van der Waals surface area contributed by atoms with E-state index in [1.165, 1.54) is 0 Å². The lowest BCUT2D eigenvalue weighted by molar-refractivity contribution is -0.124. The molecule has 1 aliphatic carbocycles. The van der Waals surface area contributed by atoms with Crippen molar-refractivity contribution in [3.63, 3.8) is 0 Å². The van der Waals surface area contributed by atoms with Crippen LogP contribution in [0.1, 0.15) is 76.6 Å². The summed E-state index contributed by atoms with van der Waals surface area (Å²) in [5.74, 6) is 1.44. The van der Waals surface area contributed by atoms with Gasteiger partial charge in [-0.25, -0.2) is 14.8 Å². The van der Waals surface area contributed by atoms with Crippen molar-refractivity contribution < 1.29 is 19.1 Å². The van der Waals surface area contributed by atoms with Crippen LogP contribution in [-0.4, -0.2) is 57.8 Å². The van der Waals surface area contributed by atoms with Gasteiger partial charge in [-0.2, -0.15) is 0 Å². The van der Waals surface area contributed by atoms with E-state index in [2.05, 4.69) is 20.3 Å². The average molecular weight is 561 g/mol. The van der Waals surface area contributed by atoms with Gasteiger partial charge in [0.15, 0.2) is 0 Å². The lowest BCUT2D eigenvalue weighted by atomic mass is 9.90. The second-order valence-corrected chi connectivity index (χ2v) is 11.4. The number of nitrogens with two attached hydrogens (primary N) is 1. The number of carbonyl (C=O) groups is 3. The van der Waals surface area contributed by atoms with Gasteiger partial charge in [0.25, 0.3) is 0 Å². The number of methoxy groups -OCH3 is 1. The molecule has 41 heavy (non-hydrogen) atoms. The number of para-hydroxylation sites is 1. The maximum atomic E-state index is 13.5. The first-order valence-electron chi connectivity index (χ1n) is 14.7. The summed E-state index contributed by atoms with van der Waals surface area (Å²) in [6.45, 7) is 3.09. The van der Waals surface area contributed by atoms with Gasteiger partial charge >= 0.3 is 6.03 Å². The number of likely N-dealkylation sites (tertiary alicyclic amines) is 1. The molecule has 3 amide bonds. The van der Waals surface area contributed by atoms with E-state index in [1.807, 2.05) is 37.3 Å². The van der Waals surface area contributed by atoms with Crippen LogP contribution in [0.3, 0.4) is 0 Å². The zero-order chi connectivity index (χ0) is 29.0. The first kappa shape index (κ1) is 28.6. The number of benzene rings is 1. The third kappa shape index (κ3) is 6.36. The molecule has 2 atom stereocenters. The number of rotatable bonds is 12. The number of nitrogens with one attached hydrogen (secondary N) is 2. The Balaban J connectivity index is 1.31. The quantitative estimate of drug-likeness (QED) is 0.269. The van der Waals surface area contributed by atoms with E-state index in [4.69, 9.17) is 10.5 Å². The smallest absolute Gasteiger partial charge is 0.314 e. The zero-order valence-electron chi connectivity index (χ0n) is 23.9. The number of nitrogens with zero attached hydrogens (tertiary/aromatic N) is 3. The van der Waals surface area contributed by atoms with Crippen molar-refractivity contribution in [3.05, 3.63) is 42.4 Å². The number of primary amides is 1. The van der Waals surface area contributed by atoms with Gasteiger partial charge in [-0.15, -0.1) is 0 Å². The minimum absolute atomic E-state index is 0.0339. The van der Waals surface area contributed by atoms with Crippen LogP contribution in [0.4, 0.5) is 4.79 Å². The van der Waals surface area contributed by atoms with Gasteiger partial charge in [0.2, 0.25) is 11.8 Å². The van der Waals surface area contributed by atoms with E-state index < -0.39 is 6.03 Å². The Bertz CT molecular complexity index is 1410. The van der Waals surface area contributed by atoms with Crippen molar-refractivity contribution in [1.82, 2.24) is 25.2 Å². The van der Waals surface area contributed by atoms with E-state index in [-0.39, 0.29) is 29.1 Å². The minimum Gasteiger partial charge on any atom is -0.480 e. The number of urea groups is 1. The van der Waals surface area contributed by atoms with Crippen molar-refractivity contribution in [2.24, 2.45) is 17.1 Å². The second kappa shape index (κ2) is 12.3. The number of imidazole rings is 1. The monoisotopic (exact) mass is 560 g/mol. The van der Waals surface area contributed by atoms with Crippen LogP contribution in [0.2, 0.25) is 0 Å². The number of piperidine rings is 1. The molecule has 2 fully saturated rings. The SMILES string of the molecule is CCC(=O)CCCCC[C@H](NC(=O)[C@H]1CC12CCN(C(N)=O)CC2)c1ncc(-c2cc3ccccc3nc2OC)[nH]1. The normalized spacial score (nSPS) is 18.3. The molecule has 1 saturated carbocycles. The summed E-state index contributed by atoms with van der Waals surface area (Å²) in [5.41, 5.74) is 7.82. The fourth-order valence-corrected chi connectivity index (χ4v) is 6.11. The van der Waals surface area contributed by atoms with E-state index >= 15 is 0 Å². The predicted molar refractivity (Wildman–Crippen MR) is 156 cm³/mol. The second-order valence-electron chi connectivity index (χ2n) is 11.4. The van der Waals surface area contributed by atoms with Gasteiger partial charge in [-0.1, -0.05) is 38.0 Å². The minimum atomic E-state index is -0.394. The van der Waals surface area contributed by atoms with Crippen molar-refractivity contribution in [3.8, 4) is 17.1 Å². The van der Waals surface area contributed by atoms with Crippen molar-refractivity contribution >= 4 is 28.6 Å². The topological polar surface area (TPSA) is 143 Å². The van der Waals surface area contributed by atoms with Crippen LogP contribution in [0.25, 0.3) is 22.2 Å². The number of hydrogen-bond acceptors (Lipinski definition) is 6. The number of Topliss-reactive ketones (excluding diaryl/α,β-unsaturated/α-hetero) is 1. The van der Waals surface area contributed by atoms with Crippen LogP contribution >= 0.6 is 0 Å². The molecule has 2 aromatic heterocycles. The Morgan fingerprint density at radius 1 is 1.20 bits per heavy atom. The largest absolute Gasteiger partial charge is 0.480 e. The average Bonchev–Trinajstić information content (AvgIpc) is 3.45. The van der Waals surface area contributed by atoms with Gasteiger partial charge in [-0.3, -0.25) is 9.59 Å². The summed E-state index contributed by atoms with van der Waals surface area (Å²) < 4.78 is 5.60.